The summed E-state index contributed by atoms with van der Waals surface area (Å²) in [6.07, 6.45) is 2.39. The molecule has 0 aliphatic carbocycles. The Labute approximate surface area is 208 Å². The van der Waals surface area contributed by atoms with E-state index in [0.717, 1.165) is 34.3 Å². The standard InChI is InChI=1S/C27H26N2O5S/c1-18(34-24(30)20-6-4-3-5-7-20)21-10-11-22(28-17-21)14-15-33-23-12-8-19(9-13-23)16-27(2)25(31)29-26(32)35-27/h3-13,17-18H,14-16H2,1-2H3,(H,29,31,32)/t18?,27-/m1/s1. The second-order valence-electron chi connectivity index (χ2n) is 8.49. The van der Waals surface area contributed by atoms with Gasteiger partial charge in [-0.3, -0.25) is 19.9 Å². The number of nitrogens with one attached hydrogen (secondary N) is 1. The molecule has 8 heteroatoms. The number of imide groups is 1. The summed E-state index contributed by atoms with van der Waals surface area (Å²) in [7, 11) is 0. The first kappa shape index (κ1) is 24.5. The van der Waals surface area contributed by atoms with Crippen molar-refractivity contribution in [3.8, 4) is 5.75 Å². The van der Waals surface area contributed by atoms with Crippen LogP contribution in [-0.2, 0) is 22.4 Å². The minimum Gasteiger partial charge on any atom is -0.493 e. The lowest BCUT2D eigenvalue weighted by Gasteiger charge is -2.18. The van der Waals surface area contributed by atoms with Gasteiger partial charge in [-0.2, -0.15) is 0 Å². The molecular formula is C27H26N2O5S. The lowest BCUT2D eigenvalue weighted by atomic mass is 9.99. The van der Waals surface area contributed by atoms with Gasteiger partial charge in [0.15, 0.2) is 0 Å². The van der Waals surface area contributed by atoms with E-state index in [-0.39, 0.29) is 17.1 Å². The van der Waals surface area contributed by atoms with Crippen LogP contribution in [0.25, 0.3) is 0 Å². The van der Waals surface area contributed by atoms with Gasteiger partial charge in [0.1, 0.15) is 16.6 Å². The van der Waals surface area contributed by atoms with Crippen molar-refractivity contribution in [2.45, 2.75) is 37.5 Å². The van der Waals surface area contributed by atoms with Crippen LogP contribution < -0.4 is 10.1 Å². The van der Waals surface area contributed by atoms with Crippen molar-refractivity contribution in [1.29, 1.82) is 0 Å². The number of hydrogen-bond donors (Lipinski definition) is 1. The number of esters is 1. The molecule has 1 aliphatic heterocycles. The highest BCUT2D eigenvalue weighted by atomic mass is 32.2. The lowest BCUT2D eigenvalue weighted by molar-refractivity contribution is -0.121. The fourth-order valence-electron chi connectivity index (χ4n) is 3.68. The number of hydrogen-bond acceptors (Lipinski definition) is 7. The van der Waals surface area contributed by atoms with E-state index in [1.165, 1.54) is 0 Å². The summed E-state index contributed by atoms with van der Waals surface area (Å²) in [5, 5.41) is 2.04. The summed E-state index contributed by atoms with van der Waals surface area (Å²) in [5.74, 6) is 0.0983. The van der Waals surface area contributed by atoms with Crippen molar-refractivity contribution >= 4 is 28.9 Å². The zero-order valence-corrected chi connectivity index (χ0v) is 20.3. The Balaban J connectivity index is 1.24. The Morgan fingerprint density at radius 1 is 1.06 bits per heavy atom. The first-order valence-corrected chi connectivity index (χ1v) is 12.1. The van der Waals surface area contributed by atoms with Gasteiger partial charge in [-0.25, -0.2) is 4.79 Å². The number of carbonyl (C=O) groups is 3. The minimum absolute atomic E-state index is 0.255. The van der Waals surface area contributed by atoms with Crippen LogP contribution in [0.15, 0.2) is 72.9 Å². The fraction of sp³-hybridized carbons (Fsp3) is 0.259. The second kappa shape index (κ2) is 10.7. The van der Waals surface area contributed by atoms with E-state index in [2.05, 4.69) is 10.3 Å². The van der Waals surface area contributed by atoms with Crippen molar-refractivity contribution in [2.24, 2.45) is 0 Å². The number of carbonyl (C=O) groups excluding carboxylic acids is 3. The Kier molecular flexibility index (Phi) is 7.51. The van der Waals surface area contributed by atoms with Crippen LogP contribution in [0.3, 0.4) is 0 Å². The van der Waals surface area contributed by atoms with Gasteiger partial charge in [0, 0.05) is 23.9 Å². The van der Waals surface area contributed by atoms with E-state index in [1.807, 2.05) is 49.4 Å². The van der Waals surface area contributed by atoms with Gasteiger partial charge < -0.3 is 9.47 Å². The number of aromatic nitrogens is 1. The highest BCUT2D eigenvalue weighted by Crippen LogP contribution is 2.35. The third-order valence-electron chi connectivity index (χ3n) is 5.72. The molecular weight excluding hydrogens is 464 g/mol. The molecule has 1 aliphatic rings. The summed E-state index contributed by atoms with van der Waals surface area (Å²) in [4.78, 5) is 40.2. The third-order valence-corrected chi connectivity index (χ3v) is 6.78. The van der Waals surface area contributed by atoms with Gasteiger partial charge in [-0.15, -0.1) is 0 Å². The van der Waals surface area contributed by atoms with E-state index in [1.54, 1.807) is 37.4 Å². The molecule has 1 unspecified atom stereocenters. The maximum Gasteiger partial charge on any atom is 0.338 e. The van der Waals surface area contributed by atoms with Crippen LogP contribution in [0, 0.1) is 0 Å². The summed E-state index contributed by atoms with van der Waals surface area (Å²) in [6, 6.07) is 20.2. The molecule has 2 amide bonds. The zero-order valence-electron chi connectivity index (χ0n) is 19.5. The monoisotopic (exact) mass is 490 g/mol. The van der Waals surface area contributed by atoms with Gasteiger partial charge in [0.2, 0.25) is 5.91 Å². The van der Waals surface area contributed by atoms with Crippen LogP contribution in [0.4, 0.5) is 4.79 Å². The molecule has 2 heterocycles. The topological polar surface area (TPSA) is 94.6 Å². The van der Waals surface area contributed by atoms with Gasteiger partial charge in [0.05, 0.1) is 12.2 Å². The predicted molar refractivity (Wildman–Crippen MR) is 133 cm³/mol. The Morgan fingerprint density at radius 3 is 2.43 bits per heavy atom. The van der Waals surface area contributed by atoms with E-state index in [0.29, 0.717) is 25.0 Å². The smallest absolute Gasteiger partial charge is 0.338 e. The highest BCUT2D eigenvalue weighted by molar-refractivity contribution is 8.16. The van der Waals surface area contributed by atoms with E-state index in [9.17, 15) is 14.4 Å². The molecule has 0 spiro atoms. The Hall–Kier alpha value is -3.65. The molecule has 0 radical (unpaired) electrons. The molecule has 7 nitrogen and oxygen atoms in total. The third kappa shape index (κ3) is 6.27. The number of pyridine rings is 1. The molecule has 1 fully saturated rings. The minimum atomic E-state index is -0.783. The van der Waals surface area contributed by atoms with Crippen molar-refractivity contribution in [3.05, 3.63) is 95.3 Å². The average molecular weight is 491 g/mol. The van der Waals surface area contributed by atoms with Crippen LogP contribution in [-0.4, -0.2) is 33.5 Å². The van der Waals surface area contributed by atoms with Gasteiger partial charge in [-0.1, -0.05) is 36.4 Å². The number of nitrogens with zero attached hydrogens (tertiary/aromatic N) is 1. The van der Waals surface area contributed by atoms with Crippen molar-refractivity contribution < 1.29 is 23.9 Å². The predicted octanol–water partition coefficient (Wildman–Crippen LogP) is 4.91. The van der Waals surface area contributed by atoms with Crippen molar-refractivity contribution in [3.63, 3.8) is 0 Å². The second-order valence-corrected chi connectivity index (χ2v) is 9.97. The zero-order chi connectivity index (χ0) is 24.8. The molecule has 0 saturated carbocycles. The SMILES string of the molecule is CC(OC(=O)c1ccccc1)c1ccc(CCOc2ccc(C[C@@]3(C)SC(=O)NC3=O)cc2)nc1. The van der Waals surface area contributed by atoms with Gasteiger partial charge in [-0.05, 0) is 67.9 Å². The first-order valence-electron chi connectivity index (χ1n) is 11.3. The number of ether oxygens (including phenoxy) is 2. The molecule has 4 rings (SSSR count). The Bertz CT molecular complexity index is 1200. The van der Waals surface area contributed by atoms with Crippen LogP contribution in [0.5, 0.6) is 5.75 Å². The maximum atomic E-state index is 12.2. The molecule has 2 aromatic carbocycles. The van der Waals surface area contributed by atoms with Crippen molar-refractivity contribution in [2.75, 3.05) is 6.61 Å². The number of amides is 2. The first-order chi connectivity index (χ1) is 16.8. The number of rotatable bonds is 9. The van der Waals surface area contributed by atoms with Crippen LogP contribution in [0.2, 0.25) is 0 Å². The number of thioether (sulfide) groups is 1. The summed E-state index contributed by atoms with van der Waals surface area (Å²) in [5.41, 5.74) is 3.16. The molecule has 1 aromatic heterocycles. The van der Waals surface area contributed by atoms with E-state index in [4.69, 9.17) is 9.47 Å². The number of benzene rings is 2. The molecule has 1 saturated heterocycles. The van der Waals surface area contributed by atoms with E-state index < -0.39 is 10.9 Å². The quantitative estimate of drug-likeness (QED) is 0.426. The molecule has 3 aromatic rings. The average Bonchev–Trinajstić information content (AvgIpc) is 3.11. The molecule has 35 heavy (non-hydrogen) atoms. The lowest BCUT2D eigenvalue weighted by Crippen LogP contribution is -2.35. The van der Waals surface area contributed by atoms with Crippen LogP contribution >= 0.6 is 11.8 Å². The summed E-state index contributed by atoms with van der Waals surface area (Å²) in [6.45, 7) is 4.05. The fourth-order valence-corrected chi connectivity index (χ4v) is 4.61. The largest absolute Gasteiger partial charge is 0.493 e. The summed E-state index contributed by atoms with van der Waals surface area (Å²) < 4.78 is 10.6. The van der Waals surface area contributed by atoms with Gasteiger partial charge >= 0.3 is 5.97 Å². The normalized spacial score (nSPS) is 18.1. The van der Waals surface area contributed by atoms with E-state index >= 15 is 0 Å². The molecule has 1 N–H and O–H groups in total. The Morgan fingerprint density at radius 2 is 1.80 bits per heavy atom. The summed E-state index contributed by atoms with van der Waals surface area (Å²) >= 11 is 1.03. The molecule has 0 bridgehead atoms. The van der Waals surface area contributed by atoms with Crippen LogP contribution in [0.1, 0.15) is 47.1 Å². The maximum absolute atomic E-state index is 12.2. The molecule has 2 atom stereocenters. The highest BCUT2D eigenvalue weighted by Gasteiger charge is 2.43. The van der Waals surface area contributed by atoms with Gasteiger partial charge in [0.25, 0.3) is 5.24 Å². The van der Waals surface area contributed by atoms with Crippen molar-refractivity contribution in [1.82, 2.24) is 10.3 Å². The molecule has 180 valence electrons.